The minimum atomic E-state index is -0.335. The first-order chi connectivity index (χ1) is 8.69. The zero-order valence-corrected chi connectivity index (χ0v) is 9.80. The minimum absolute atomic E-state index is 0.254. The molecule has 2 aromatic rings. The van der Waals surface area contributed by atoms with Crippen molar-refractivity contribution in [3.63, 3.8) is 0 Å². The SMILES string of the molecule is NC(=O)Cc1ccc(-c2ccc(C=O)cc2)cc1. The smallest absolute Gasteiger partial charge is 0.221 e. The highest BCUT2D eigenvalue weighted by Gasteiger charge is 2.00. The molecule has 2 N–H and O–H groups in total. The Kier molecular flexibility index (Phi) is 3.53. The lowest BCUT2D eigenvalue weighted by Gasteiger charge is -2.03. The number of hydrogen-bond donors (Lipinski definition) is 1. The number of amides is 1. The van der Waals surface area contributed by atoms with Crippen LogP contribution in [0.25, 0.3) is 11.1 Å². The predicted octanol–water partition coefficient (Wildman–Crippen LogP) is 2.19. The molecule has 90 valence electrons. The van der Waals surface area contributed by atoms with Gasteiger partial charge in [-0.25, -0.2) is 0 Å². The molecule has 0 aromatic heterocycles. The lowest BCUT2D eigenvalue weighted by molar-refractivity contribution is -0.117. The fourth-order valence-corrected chi connectivity index (χ4v) is 1.77. The highest BCUT2D eigenvalue weighted by atomic mass is 16.1. The predicted molar refractivity (Wildman–Crippen MR) is 70.2 cm³/mol. The maximum atomic E-state index is 10.8. The van der Waals surface area contributed by atoms with Crippen LogP contribution in [-0.2, 0) is 11.2 Å². The van der Waals surface area contributed by atoms with Crippen LogP contribution in [0.4, 0.5) is 0 Å². The number of carbonyl (C=O) groups is 2. The molecule has 0 radical (unpaired) electrons. The monoisotopic (exact) mass is 239 g/mol. The molecule has 2 rings (SSSR count). The first-order valence-electron chi connectivity index (χ1n) is 5.62. The van der Waals surface area contributed by atoms with Gasteiger partial charge in [0, 0.05) is 5.56 Å². The summed E-state index contributed by atoms with van der Waals surface area (Å²) in [5.74, 6) is -0.335. The Morgan fingerprint density at radius 3 is 1.89 bits per heavy atom. The Balaban J connectivity index is 2.22. The Morgan fingerprint density at radius 2 is 1.44 bits per heavy atom. The van der Waals surface area contributed by atoms with Crippen molar-refractivity contribution >= 4 is 12.2 Å². The Hall–Kier alpha value is -2.42. The van der Waals surface area contributed by atoms with Gasteiger partial charge in [-0.05, 0) is 16.7 Å². The summed E-state index contributed by atoms with van der Waals surface area (Å²) in [5.41, 5.74) is 8.76. The van der Waals surface area contributed by atoms with Gasteiger partial charge in [-0.15, -0.1) is 0 Å². The van der Waals surface area contributed by atoms with Crippen LogP contribution in [0.5, 0.6) is 0 Å². The van der Waals surface area contributed by atoms with E-state index >= 15 is 0 Å². The lowest BCUT2D eigenvalue weighted by Crippen LogP contribution is -2.13. The van der Waals surface area contributed by atoms with Gasteiger partial charge >= 0.3 is 0 Å². The van der Waals surface area contributed by atoms with Crippen molar-refractivity contribution in [2.75, 3.05) is 0 Å². The van der Waals surface area contributed by atoms with Gasteiger partial charge in [0.25, 0.3) is 0 Å². The molecule has 0 unspecified atom stereocenters. The van der Waals surface area contributed by atoms with Crippen molar-refractivity contribution in [3.05, 3.63) is 59.7 Å². The summed E-state index contributed by atoms with van der Waals surface area (Å²) in [5, 5.41) is 0. The summed E-state index contributed by atoms with van der Waals surface area (Å²) < 4.78 is 0. The van der Waals surface area contributed by atoms with Gasteiger partial charge in [-0.2, -0.15) is 0 Å². The van der Waals surface area contributed by atoms with E-state index in [0.29, 0.717) is 5.56 Å². The third kappa shape index (κ3) is 2.83. The molecule has 0 aliphatic carbocycles. The van der Waals surface area contributed by atoms with Gasteiger partial charge in [0.15, 0.2) is 0 Å². The Morgan fingerprint density at radius 1 is 0.944 bits per heavy atom. The van der Waals surface area contributed by atoms with Crippen molar-refractivity contribution < 1.29 is 9.59 Å². The van der Waals surface area contributed by atoms with Gasteiger partial charge in [0.2, 0.25) is 5.91 Å². The van der Waals surface area contributed by atoms with Crippen LogP contribution in [0.1, 0.15) is 15.9 Å². The zero-order valence-electron chi connectivity index (χ0n) is 9.80. The second kappa shape index (κ2) is 5.27. The van der Waals surface area contributed by atoms with E-state index in [1.54, 1.807) is 12.1 Å². The maximum absolute atomic E-state index is 10.8. The molecule has 3 heteroatoms. The minimum Gasteiger partial charge on any atom is -0.369 e. The Labute approximate surface area is 105 Å². The van der Waals surface area contributed by atoms with Crippen LogP contribution in [0.2, 0.25) is 0 Å². The molecular formula is C15H13NO2. The fraction of sp³-hybridized carbons (Fsp3) is 0.0667. The van der Waals surface area contributed by atoms with E-state index in [2.05, 4.69) is 0 Å². The number of primary amides is 1. The maximum Gasteiger partial charge on any atom is 0.221 e. The van der Waals surface area contributed by atoms with E-state index < -0.39 is 0 Å². The highest BCUT2D eigenvalue weighted by Crippen LogP contribution is 2.20. The number of rotatable bonds is 4. The van der Waals surface area contributed by atoms with Crippen LogP contribution in [0, 0.1) is 0 Å². The molecular weight excluding hydrogens is 226 g/mol. The second-order valence-corrected chi connectivity index (χ2v) is 4.08. The summed E-state index contributed by atoms with van der Waals surface area (Å²) in [6.45, 7) is 0. The van der Waals surface area contributed by atoms with Gasteiger partial charge in [-0.1, -0.05) is 48.5 Å². The van der Waals surface area contributed by atoms with E-state index in [-0.39, 0.29) is 12.3 Å². The standard InChI is InChI=1S/C15H13NO2/c16-15(18)9-11-1-5-13(6-2-11)14-7-3-12(10-17)4-8-14/h1-8,10H,9H2,(H2,16,18). The van der Waals surface area contributed by atoms with Gasteiger partial charge < -0.3 is 5.73 Å². The molecule has 0 atom stereocenters. The normalized spacial score (nSPS) is 10.0. The van der Waals surface area contributed by atoms with Crippen LogP contribution in [0.15, 0.2) is 48.5 Å². The average molecular weight is 239 g/mol. The molecule has 0 aliphatic heterocycles. The number of benzene rings is 2. The summed E-state index contributed by atoms with van der Waals surface area (Å²) >= 11 is 0. The van der Waals surface area contributed by atoms with Crippen molar-refractivity contribution in [3.8, 4) is 11.1 Å². The second-order valence-electron chi connectivity index (χ2n) is 4.08. The molecule has 1 amide bonds. The van der Waals surface area contributed by atoms with Crippen molar-refractivity contribution in [2.24, 2.45) is 5.73 Å². The first kappa shape index (κ1) is 12.0. The number of carbonyl (C=O) groups excluding carboxylic acids is 2. The topological polar surface area (TPSA) is 60.2 Å². The molecule has 0 spiro atoms. The number of nitrogens with two attached hydrogens (primary N) is 1. The molecule has 0 saturated heterocycles. The molecule has 0 bridgehead atoms. The highest BCUT2D eigenvalue weighted by molar-refractivity contribution is 5.78. The van der Waals surface area contributed by atoms with Crippen molar-refractivity contribution in [1.29, 1.82) is 0 Å². The van der Waals surface area contributed by atoms with Crippen LogP contribution in [-0.4, -0.2) is 12.2 Å². The summed E-state index contributed by atoms with van der Waals surface area (Å²) in [7, 11) is 0. The van der Waals surface area contributed by atoms with E-state index in [9.17, 15) is 9.59 Å². The number of hydrogen-bond acceptors (Lipinski definition) is 2. The van der Waals surface area contributed by atoms with Gasteiger partial charge in [0.1, 0.15) is 6.29 Å². The molecule has 0 heterocycles. The third-order valence-corrected chi connectivity index (χ3v) is 2.71. The van der Waals surface area contributed by atoms with Crippen LogP contribution in [0.3, 0.4) is 0 Å². The van der Waals surface area contributed by atoms with E-state index in [0.717, 1.165) is 23.0 Å². The summed E-state index contributed by atoms with van der Waals surface area (Å²) in [6.07, 6.45) is 1.07. The van der Waals surface area contributed by atoms with Gasteiger partial charge in [-0.3, -0.25) is 9.59 Å². The molecule has 0 saturated carbocycles. The first-order valence-corrected chi connectivity index (χ1v) is 5.62. The summed E-state index contributed by atoms with van der Waals surface area (Å²) in [6, 6.07) is 15.0. The third-order valence-electron chi connectivity index (χ3n) is 2.71. The van der Waals surface area contributed by atoms with E-state index in [4.69, 9.17) is 5.73 Å². The average Bonchev–Trinajstić information content (AvgIpc) is 2.39. The van der Waals surface area contributed by atoms with E-state index in [1.165, 1.54) is 0 Å². The van der Waals surface area contributed by atoms with Crippen molar-refractivity contribution in [2.45, 2.75) is 6.42 Å². The zero-order chi connectivity index (χ0) is 13.0. The quantitative estimate of drug-likeness (QED) is 0.831. The summed E-state index contributed by atoms with van der Waals surface area (Å²) in [4.78, 5) is 21.3. The number of aldehydes is 1. The largest absolute Gasteiger partial charge is 0.369 e. The molecule has 18 heavy (non-hydrogen) atoms. The van der Waals surface area contributed by atoms with Crippen molar-refractivity contribution in [1.82, 2.24) is 0 Å². The fourth-order valence-electron chi connectivity index (χ4n) is 1.77. The lowest BCUT2D eigenvalue weighted by atomic mass is 10.0. The molecule has 3 nitrogen and oxygen atoms in total. The molecule has 2 aromatic carbocycles. The molecule has 0 fully saturated rings. The van der Waals surface area contributed by atoms with E-state index in [1.807, 2.05) is 36.4 Å². The van der Waals surface area contributed by atoms with Crippen LogP contribution >= 0.6 is 0 Å². The van der Waals surface area contributed by atoms with Crippen LogP contribution < -0.4 is 5.73 Å². The van der Waals surface area contributed by atoms with Gasteiger partial charge in [0.05, 0.1) is 6.42 Å². The molecule has 0 aliphatic rings. The Bertz CT molecular complexity index is 556.